The van der Waals surface area contributed by atoms with Crippen molar-refractivity contribution >= 4 is 23.0 Å². The third-order valence-electron chi connectivity index (χ3n) is 4.97. The number of carbonyl (C=O) groups is 1. The molecule has 2 aliphatic rings. The maximum atomic E-state index is 12.2. The second kappa shape index (κ2) is 9.30. The van der Waals surface area contributed by atoms with Gasteiger partial charge in [-0.2, -0.15) is 0 Å². The van der Waals surface area contributed by atoms with Gasteiger partial charge in [-0.1, -0.05) is 11.8 Å². The number of esters is 1. The van der Waals surface area contributed by atoms with Crippen molar-refractivity contribution < 1.29 is 19.0 Å². The van der Waals surface area contributed by atoms with E-state index in [4.69, 9.17) is 14.2 Å². The van der Waals surface area contributed by atoms with Gasteiger partial charge in [-0.3, -0.25) is 0 Å². The van der Waals surface area contributed by atoms with Gasteiger partial charge in [0.1, 0.15) is 4.88 Å². The first-order valence-corrected chi connectivity index (χ1v) is 10.9. The van der Waals surface area contributed by atoms with Crippen LogP contribution >= 0.6 is 11.3 Å². The molecule has 1 aliphatic heterocycles. The van der Waals surface area contributed by atoms with Crippen molar-refractivity contribution in [3.8, 4) is 11.8 Å². The van der Waals surface area contributed by atoms with Gasteiger partial charge in [0, 0.05) is 18.1 Å². The summed E-state index contributed by atoms with van der Waals surface area (Å²) in [4.78, 5) is 13.7. The van der Waals surface area contributed by atoms with E-state index in [1.54, 1.807) is 0 Å². The van der Waals surface area contributed by atoms with E-state index in [1.165, 1.54) is 18.4 Å². The highest BCUT2D eigenvalue weighted by Gasteiger charge is 2.27. The minimum absolute atomic E-state index is 0.0776. The summed E-state index contributed by atoms with van der Waals surface area (Å²) < 4.78 is 16.5. The van der Waals surface area contributed by atoms with Crippen LogP contribution in [0.1, 0.15) is 67.4 Å². The fourth-order valence-corrected chi connectivity index (χ4v) is 4.40. The normalized spacial score (nSPS) is 25.1. The highest BCUT2D eigenvalue weighted by atomic mass is 32.1. The summed E-state index contributed by atoms with van der Waals surface area (Å²) in [6.45, 7) is 7.77. The number of thiophene rings is 1. The number of methoxy groups -OCH3 is 1. The van der Waals surface area contributed by atoms with Crippen LogP contribution in [0.15, 0.2) is 6.07 Å². The van der Waals surface area contributed by atoms with Gasteiger partial charge in [-0.25, -0.2) is 4.79 Å². The molecule has 1 aromatic rings. The van der Waals surface area contributed by atoms with Crippen molar-refractivity contribution in [3.05, 3.63) is 15.8 Å². The molecule has 2 fully saturated rings. The van der Waals surface area contributed by atoms with Crippen molar-refractivity contribution in [2.24, 2.45) is 5.41 Å². The zero-order valence-electron chi connectivity index (χ0n) is 17.3. The molecule has 0 bridgehead atoms. The first-order chi connectivity index (χ1) is 13.3. The Morgan fingerprint density at radius 3 is 2.57 bits per heavy atom. The molecule has 5 nitrogen and oxygen atoms in total. The standard InChI is InChI=1S/C22H31NO4S/c1-22(2,3)11-9-18-13-19(20(28-18)21(24)25-4)23-15-5-7-16(8-6-15)27-17-10-12-26-14-17/h13,15-17,23H,5-8,10,12,14H2,1-4H3/t15-,16-,17-/m0/s1. The summed E-state index contributed by atoms with van der Waals surface area (Å²) in [5.41, 5.74) is 0.759. The van der Waals surface area contributed by atoms with Gasteiger partial charge in [0.25, 0.3) is 0 Å². The van der Waals surface area contributed by atoms with Crippen molar-refractivity contribution in [2.45, 2.75) is 71.1 Å². The molecular weight excluding hydrogens is 374 g/mol. The number of anilines is 1. The molecule has 1 saturated heterocycles. The molecule has 1 atom stereocenters. The van der Waals surface area contributed by atoms with Crippen LogP contribution in [0, 0.1) is 17.3 Å². The van der Waals surface area contributed by atoms with Crippen molar-refractivity contribution in [2.75, 3.05) is 25.6 Å². The summed E-state index contributed by atoms with van der Waals surface area (Å²) in [6, 6.07) is 2.31. The molecule has 1 N–H and O–H groups in total. The van der Waals surface area contributed by atoms with Crippen LogP contribution in [0.4, 0.5) is 5.69 Å². The Morgan fingerprint density at radius 1 is 1.21 bits per heavy atom. The molecule has 0 aromatic carbocycles. The van der Waals surface area contributed by atoms with E-state index in [-0.39, 0.29) is 17.5 Å². The lowest BCUT2D eigenvalue weighted by molar-refractivity contribution is -0.0331. The SMILES string of the molecule is COC(=O)c1sc(C#CC(C)(C)C)cc1N[C@H]1CC[C@H](O[C@H]2CCOC2)CC1. The molecule has 154 valence electrons. The quantitative estimate of drug-likeness (QED) is 0.579. The monoisotopic (exact) mass is 405 g/mol. The summed E-state index contributed by atoms with van der Waals surface area (Å²) in [6.07, 6.45) is 5.70. The van der Waals surface area contributed by atoms with Crippen LogP contribution in [0.2, 0.25) is 0 Å². The second-order valence-electron chi connectivity index (χ2n) is 8.58. The van der Waals surface area contributed by atoms with Gasteiger partial charge in [0.05, 0.1) is 36.5 Å². The van der Waals surface area contributed by atoms with Gasteiger partial charge in [-0.15, -0.1) is 11.3 Å². The van der Waals surface area contributed by atoms with E-state index in [0.29, 0.717) is 17.0 Å². The summed E-state index contributed by atoms with van der Waals surface area (Å²) in [7, 11) is 1.42. The molecule has 1 aliphatic carbocycles. The van der Waals surface area contributed by atoms with Gasteiger partial charge in [0.15, 0.2) is 0 Å². The first-order valence-electron chi connectivity index (χ1n) is 10.1. The van der Waals surface area contributed by atoms with E-state index in [1.807, 2.05) is 6.07 Å². The Kier molecular flexibility index (Phi) is 7.03. The molecule has 28 heavy (non-hydrogen) atoms. The summed E-state index contributed by atoms with van der Waals surface area (Å²) in [5, 5.41) is 3.56. The van der Waals surface area contributed by atoms with E-state index in [0.717, 1.165) is 55.9 Å². The van der Waals surface area contributed by atoms with E-state index in [2.05, 4.69) is 37.9 Å². The second-order valence-corrected chi connectivity index (χ2v) is 9.64. The Labute approximate surface area is 172 Å². The highest BCUT2D eigenvalue weighted by Crippen LogP contribution is 2.32. The number of ether oxygens (including phenoxy) is 3. The molecule has 1 aromatic heterocycles. The number of hydrogen-bond acceptors (Lipinski definition) is 6. The zero-order chi connectivity index (χ0) is 20.1. The molecule has 0 radical (unpaired) electrons. The lowest BCUT2D eigenvalue weighted by atomic mass is 9.92. The molecular formula is C22H31NO4S. The van der Waals surface area contributed by atoms with Gasteiger partial charge in [-0.05, 0) is 58.9 Å². The molecule has 0 unspecified atom stereocenters. The Bertz CT molecular complexity index is 726. The Morgan fingerprint density at radius 2 is 1.96 bits per heavy atom. The number of hydrogen-bond donors (Lipinski definition) is 1. The van der Waals surface area contributed by atoms with Crippen molar-refractivity contribution in [3.63, 3.8) is 0 Å². The van der Waals surface area contributed by atoms with Crippen LogP contribution in [0.3, 0.4) is 0 Å². The predicted molar refractivity (Wildman–Crippen MR) is 112 cm³/mol. The largest absolute Gasteiger partial charge is 0.465 e. The Hall–Kier alpha value is -1.55. The summed E-state index contributed by atoms with van der Waals surface area (Å²) in [5.74, 6) is 6.12. The summed E-state index contributed by atoms with van der Waals surface area (Å²) >= 11 is 1.39. The molecule has 1 saturated carbocycles. The van der Waals surface area contributed by atoms with Crippen molar-refractivity contribution in [1.29, 1.82) is 0 Å². The Balaban J connectivity index is 1.61. The van der Waals surface area contributed by atoms with Gasteiger partial charge < -0.3 is 19.5 Å². The smallest absolute Gasteiger partial charge is 0.350 e. The lowest BCUT2D eigenvalue weighted by Gasteiger charge is -2.31. The van der Waals surface area contributed by atoms with Crippen LogP contribution in [-0.4, -0.2) is 44.5 Å². The maximum Gasteiger partial charge on any atom is 0.350 e. The fraction of sp³-hybridized carbons (Fsp3) is 0.682. The van der Waals surface area contributed by atoms with Crippen LogP contribution in [0.25, 0.3) is 0 Å². The molecule has 3 rings (SSSR count). The van der Waals surface area contributed by atoms with Crippen molar-refractivity contribution in [1.82, 2.24) is 0 Å². The van der Waals surface area contributed by atoms with E-state index in [9.17, 15) is 4.79 Å². The minimum Gasteiger partial charge on any atom is -0.465 e. The van der Waals surface area contributed by atoms with Gasteiger partial charge >= 0.3 is 5.97 Å². The minimum atomic E-state index is -0.311. The predicted octanol–water partition coefficient (Wildman–Crippen LogP) is 4.46. The fourth-order valence-electron chi connectivity index (χ4n) is 3.51. The number of carbonyl (C=O) groups excluding carboxylic acids is 1. The van der Waals surface area contributed by atoms with Crippen LogP contribution in [0.5, 0.6) is 0 Å². The molecule has 6 heteroatoms. The average molecular weight is 406 g/mol. The molecule has 0 spiro atoms. The average Bonchev–Trinajstić information content (AvgIpc) is 3.30. The zero-order valence-corrected chi connectivity index (χ0v) is 18.1. The van der Waals surface area contributed by atoms with E-state index < -0.39 is 0 Å². The number of rotatable bonds is 5. The third-order valence-corrected chi connectivity index (χ3v) is 6.00. The topological polar surface area (TPSA) is 56.8 Å². The van der Waals surface area contributed by atoms with E-state index >= 15 is 0 Å². The third kappa shape index (κ3) is 5.97. The molecule has 0 amide bonds. The molecule has 2 heterocycles. The van der Waals surface area contributed by atoms with Crippen LogP contribution < -0.4 is 5.32 Å². The first kappa shape index (κ1) is 21.2. The maximum absolute atomic E-state index is 12.2. The highest BCUT2D eigenvalue weighted by molar-refractivity contribution is 7.15. The lowest BCUT2D eigenvalue weighted by Crippen LogP contribution is -2.32. The van der Waals surface area contributed by atoms with Gasteiger partial charge in [0.2, 0.25) is 0 Å². The number of nitrogens with one attached hydrogen (secondary N) is 1. The van der Waals surface area contributed by atoms with Crippen LogP contribution in [-0.2, 0) is 14.2 Å².